The highest BCUT2D eigenvalue weighted by molar-refractivity contribution is 7.99. The van der Waals surface area contributed by atoms with E-state index in [1.54, 1.807) is 30.6 Å². The molecule has 1 aromatic carbocycles. The molecule has 2 N–H and O–H groups in total. The van der Waals surface area contributed by atoms with E-state index in [0.717, 1.165) is 27.3 Å². The first-order valence-corrected chi connectivity index (χ1v) is 7.14. The highest BCUT2D eigenvalue weighted by atomic mass is 32.2. The second-order valence-electron chi connectivity index (χ2n) is 4.44. The summed E-state index contributed by atoms with van der Waals surface area (Å²) in [6, 6.07) is 7.87. The van der Waals surface area contributed by atoms with Crippen LogP contribution < -0.4 is 10.9 Å². The number of nitrogens with one attached hydrogen (secondary N) is 2. The molecule has 2 aromatic rings. The zero-order valence-corrected chi connectivity index (χ0v) is 11.7. The van der Waals surface area contributed by atoms with Crippen molar-refractivity contribution in [2.24, 2.45) is 0 Å². The molecule has 1 atom stereocenters. The zero-order valence-electron chi connectivity index (χ0n) is 10.9. The van der Waals surface area contributed by atoms with Crippen molar-refractivity contribution < 1.29 is 9.18 Å². The molecule has 1 unspecified atom stereocenters. The van der Waals surface area contributed by atoms with E-state index in [2.05, 4.69) is 15.8 Å². The van der Waals surface area contributed by atoms with Gasteiger partial charge < -0.3 is 10.2 Å². The van der Waals surface area contributed by atoms with Crippen LogP contribution in [0.2, 0.25) is 0 Å². The molecular formula is C15H12FN3OS. The second-order valence-corrected chi connectivity index (χ2v) is 5.55. The minimum Gasteiger partial charge on any atom is -0.320 e. The number of rotatable bonds is 4. The first-order chi connectivity index (χ1) is 10.3. The van der Waals surface area contributed by atoms with Gasteiger partial charge in [-0.2, -0.15) is 0 Å². The largest absolute Gasteiger partial charge is 0.320 e. The fourth-order valence-corrected chi connectivity index (χ4v) is 2.88. The van der Waals surface area contributed by atoms with E-state index in [1.165, 1.54) is 23.9 Å². The van der Waals surface area contributed by atoms with Gasteiger partial charge in [-0.3, -0.25) is 4.98 Å². The van der Waals surface area contributed by atoms with Crippen molar-refractivity contribution in [1.29, 1.82) is 0 Å². The van der Waals surface area contributed by atoms with E-state index in [4.69, 9.17) is 0 Å². The van der Waals surface area contributed by atoms with Crippen LogP contribution in [0.25, 0.3) is 5.70 Å². The van der Waals surface area contributed by atoms with Crippen LogP contribution in [-0.4, -0.2) is 17.3 Å². The van der Waals surface area contributed by atoms with Gasteiger partial charge in [0, 0.05) is 27.7 Å². The molecule has 0 spiro atoms. The van der Waals surface area contributed by atoms with Crippen LogP contribution in [0, 0.1) is 5.82 Å². The van der Waals surface area contributed by atoms with Gasteiger partial charge >= 0.3 is 0 Å². The van der Waals surface area contributed by atoms with E-state index < -0.39 is 0 Å². The lowest BCUT2D eigenvalue weighted by atomic mass is 10.2. The minimum absolute atomic E-state index is 0.257. The maximum Gasteiger partial charge on any atom is 0.142 e. The Balaban J connectivity index is 1.89. The Bertz CT molecular complexity index is 688. The first-order valence-electron chi connectivity index (χ1n) is 6.33. The summed E-state index contributed by atoms with van der Waals surface area (Å²) >= 11 is 1.51. The summed E-state index contributed by atoms with van der Waals surface area (Å²) in [7, 11) is 0. The van der Waals surface area contributed by atoms with E-state index >= 15 is 0 Å². The number of aromatic nitrogens is 1. The third-order valence-corrected chi connectivity index (χ3v) is 4.06. The van der Waals surface area contributed by atoms with Crippen LogP contribution in [0.15, 0.2) is 58.6 Å². The van der Waals surface area contributed by atoms with Crippen molar-refractivity contribution in [3.8, 4) is 0 Å². The third-order valence-electron chi connectivity index (χ3n) is 2.98. The number of carbonyl (C=O) groups is 1. The van der Waals surface area contributed by atoms with E-state index in [-0.39, 0.29) is 11.9 Å². The summed E-state index contributed by atoms with van der Waals surface area (Å²) in [5.41, 5.74) is 7.53. The van der Waals surface area contributed by atoms with Crippen molar-refractivity contribution in [2.45, 2.75) is 15.8 Å². The second kappa shape index (κ2) is 6.07. The normalized spacial score (nSPS) is 17.2. The molecule has 0 bridgehead atoms. The highest BCUT2D eigenvalue weighted by Crippen LogP contribution is 2.33. The van der Waals surface area contributed by atoms with Crippen LogP contribution in [0.5, 0.6) is 0 Å². The van der Waals surface area contributed by atoms with Gasteiger partial charge in [0.05, 0.1) is 5.70 Å². The van der Waals surface area contributed by atoms with Crippen LogP contribution >= 0.6 is 11.8 Å². The SMILES string of the molecule is O=CC1C=C(c2cnccc2Sc2ccc(F)cc2)NN1. The molecule has 0 saturated heterocycles. The zero-order chi connectivity index (χ0) is 14.7. The maximum atomic E-state index is 13.0. The predicted octanol–water partition coefficient (Wildman–Crippen LogP) is 2.39. The quantitative estimate of drug-likeness (QED) is 0.849. The van der Waals surface area contributed by atoms with Gasteiger partial charge in [0.1, 0.15) is 18.1 Å². The highest BCUT2D eigenvalue weighted by Gasteiger charge is 2.17. The predicted molar refractivity (Wildman–Crippen MR) is 78.9 cm³/mol. The molecule has 0 radical (unpaired) electrons. The Morgan fingerprint density at radius 2 is 2.05 bits per heavy atom. The Morgan fingerprint density at radius 1 is 1.24 bits per heavy atom. The number of aldehydes is 1. The van der Waals surface area contributed by atoms with Gasteiger partial charge in [0.25, 0.3) is 0 Å². The molecule has 0 fully saturated rings. The number of benzene rings is 1. The van der Waals surface area contributed by atoms with Crippen LogP contribution in [0.1, 0.15) is 5.56 Å². The number of hydrazine groups is 1. The number of nitrogens with zero attached hydrogens (tertiary/aromatic N) is 1. The molecule has 0 amide bonds. The van der Waals surface area contributed by atoms with Gasteiger partial charge in [-0.1, -0.05) is 11.8 Å². The van der Waals surface area contributed by atoms with Gasteiger partial charge in [0.15, 0.2) is 0 Å². The number of pyridine rings is 1. The topological polar surface area (TPSA) is 54.0 Å². The lowest BCUT2D eigenvalue weighted by molar-refractivity contribution is -0.108. The summed E-state index contributed by atoms with van der Waals surface area (Å²) < 4.78 is 13.0. The number of carbonyl (C=O) groups excluding carboxylic acids is 1. The van der Waals surface area contributed by atoms with Crippen molar-refractivity contribution in [2.75, 3.05) is 0 Å². The Morgan fingerprint density at radius 3 is 2.76 bits per heavy atom. The smallest absolute Gasteiger partial charge is 0.142 e. The lowest BCUT2D eigenvalue weighted by Gasteiger charge is -2.10. The summed E-state index contributed by atoms with van der Waals surface area (Å²) in [6.45, 7) is 0. The molecular weight excluding hydrogens is 289 g/mol. The van der Waals surface area contributed by atoms with Crippen molar-refractivity contribution in [3.63, 3.8) is 0 Å². The Hall–Kier alpha value is -2.18. The van der Waals surface area contributed by atoms with Crippen molar-refractivity contribution >= 4 is 23.7 Å². The molecule has 21 heavy (non-hydrogen) atoms. The van der Waals surface area contributed by atoms with Crippen LogP contribution in [0.3, 0.4) is 0 Å². The fourth-order valence-electron chi connectivity index (χ4n) is 1.96. The van der Waals surface area contributed by atoms with Crippen molar-refractivity contribution in [3.05, 3.63) is 60.2 Å². The van der Waals surface area contributed by atoms with Gasteiger partial charge in [-0.05, 0) is 36.4 Å². The minimum atomic E-state index is -0.344. The van der Waals surface area contributed by atoms with E-state index in [1.807, 2.05) is 6.07 Å². The first kappa shape index (κ1) is 13.8. The number of hydrogen-bond donors (Lipinski definition) is 2. The summed E-state index contributed by atoms with van der Waals surface area (Å²) in [6.07, 6.45) is 6.07. The summed E-state index contributed by atoms with van der Waals surface area (Å²) in [4.78, 5) is 16.8. The Kier molecular flexibility index (Phi) is 3.98. The summed E-state index contributed by atoms with van der Waals surface area (Å²) in [5.74, 6) is -0.257. The third kappa shape index (κ3) is 3.12. The molecule has 1 aliphatic heterocycles. The maximum absolute atomic E-state index is 13.0. The van der Waals surface area contributed by atoms with Crippen LogP contribution in [0.4, 0.5) is 4.39 Å². The molecule has 2 heterocycles. The van der Waals surface area contributed by atoms with E-state index in [0.29, 0.717) is 0 Å². The summed E-state index contributed by atoms with van der Waals surface area (Å²) in [5, 5.41) is 0. The monoisotopic (exact) mass is 301 g/mol. The number of hydrogen-bond acceptors (Lipinski definition) is 5. The van der Waals surface area contributed by atoms with Crippen LogP contribution in [-0.2, 0) is 4.79 Å². The molecule has 3 rings (SSSR count). The Labute approximate surface area is 125 Å². The van der Waals surface area contributed by atoms with Gasteiger partial charge in [-0.15, -0.1) is 0 Å². The number of halogens is 1. The standard InChI is InChI=1S/C15H12FN3OS/c16-10-1-3-12(4-2-10)21-15-5-6-17-8-13(15)14-7-11(9-20)18-19-14/h1-9,11,18-19H. The molecule has 6 heteroatoms. The van der Waals surface area contributed by atoms with Gasteiger partial charge in [-0.25, -0.2) is 9.82 Å². The average molecular weight is 301 g/mol. The average Bonchev–Trinajstić information content (AvgIpc) is 2.99. The molecule has 1 aromatic heterocycles. The van der Waals surface area contributed by atoms with E-state index in [9.17, 15) is 9.18 Å². The molecule has 106 valence electrons. The molecule has 0 saturated carbocycles. The molecule has 4 nitrogen and oxygen atoms in total. The molecule has 1 aliphatic rings. The fraction of sp³-hybridized carbons (Fsp3) is 0.0667. The van der Waals surface area contributed by atoms with Crippen molar-refractivity contribution in [1.82, 2.24) is 15.8 Å². The lowest BCUT2D eigenvalue weighted by Crippen LogP contribution is -2.32. The molecule has 0 aliphatic carbocycles. The van der Waals surface area contributed by atoms with Gasteiger partial charge in [0.2, 0.25) is 0 Å².